The zero-order chi connectivity index (χ0) is 10.6. The van der Waals surface area contributed by atoms with E-state index >= 15 is 0 Å². The minimum absolute atomic E-state index is 0.792. The summed E-state index contributed by atoms with van der Waals surface area (Å²) < 4.78 is 0. The highest BCUT2D eigenvalue weighted by Gasteiger charge is 2.02. The van der Waals surface area contributed by atoms with Gasteiger partial charge in [-0.1, -0.05) is 45.1 Å². The van der Waals surface area contributed by atoms with Crippen molar-refractivity contribution in [1.29, 1.82) is 0 Å². The summed E-state index contributed by atoms with van der Waals surface area (Å²) in [5.74, 6) is 0. The summed E-state index contributed by atoms with van der Waals surface area (Å²) in [5.41, 5.74) is 0. The summed E-state index contributed by atoms with van der Waals surface area (Å²) in [6.07, 6.45) is 11.5. The van der Waals surface area contributed by atoms with E-state index < -0.39 is 8.11 Å². The lowest BCUT2D eigenvalue weighted by molar-refractivity contribution is 0.610. The average Bonchev–Trinajstić information content (AvgIpc) is 2.21. The molecule has 14 heavy (non-hydrogen) atoms. The van der Waals surface area contributed by atoms with Crippen molar-refractivity contribution in [2.45, 2.75) is 64.0 Å². The Labute approximate surface area is 96.1 Å². The molecule has 0 nitrogen and oxygen atoms in total. The van der Waals surface area contributed by atoms with Gasteiger partial charge in [-0.25, -0.2) is 0 Å². The molecule has 0 radical (unpaired) electrons. The average molecular weight is 233 g/mol. The molecule has 84 valence electrons. The van der Waals surface area contributed by atoms with E-state index in [0.717, 1.165) is 0 Å². The number of hydrogen-bond donors (Lipinski definition) is 0. The Balaban J connectivity index is 2.95. The molecule has 0 aliphatic carbocycles. The van der Waals surface area contributed by atoms with Gasteiger partial charge in [0.05, 0.1) is 0 Å². The zero-order valence-electron chi connectivity index (χ0n) is 9.60. The first-order valence-corrected chi connectivity index (χ1v) is 9.44. The third-order valence-electron chi connectivity index (χ3n) is 2.62. The maximum Gasteiger partial charge on any atom is 0.140 e. The fraction of sp³-hybridized carbons (Fsp3) is 0.833. The van der Waals surface area contributed by atoms with E-state index in [9.17, 15) is 0 Å². The van der Waals surface area contributed by atoms with Crippen LogP contribution in [0, 0.1) is 0 Å². The molecular formula is C12H25ClSi. The van der Waals surface area contributed by atoms with Crippen LogP contribution in [0.1, 0.15) is 51.9 Å². The first-order chi connectivity index (χ1) is 6.81. The van der Waals surface area contributed by atoms with Gasteiger partial charge in [-0.05, 0) is 24.9 Å². The minimum Gasteiger partial charge on any atom is -0.172 e. The van der Waals surface area contributed by atoms with Crippen molar-refractivity contribution >= 4 is 19.2 Å². The quantitative estimate of drug-likeness (QED) is 0.218. The Morgan fingerprint density at radius 2 is 1.64 bits per heavy atom. The summed E-state index contributed by atoms with van der Waals surface area (Å²) in [6, 6.07) is 2.59. The van der Waals surface area contributed by atoms with Gasteiger partial charge in [0.25, 0.3) is 0 Å². The van der Waals surface area contributed by atoms with Crippen LogP contribution in [0.25, 0.3) is 0 Å². The SMILES string of the molecule is C=CCCCCCCCC[SiH](Cl)CC. The van der Waals surface area contributed by atoms with Crippen LogP contribution in [-0.2, 0) is 0 Å². The van der Waals surface area contributed by atoms with Gasteiger partial charge in [0.15, 0.2) is 0 Å². The van der Waals surface area contributed by atoms with E-state index in [-0.39, 0.29) is 0 Å². The molecule has 0 aromatic rings. The van der Waals surface area contributed by atoms with Crippen molar-refractivity contribution in [3.8, 4) is 0 Å². The van der Waals surface area contributed by atoms with Crippen molar-refractivity contribution in [1.82, 2.24) is 0 Å². The maximum atomic E-state index is 6.17. The van der Waals surface area contributed by atoms with Crippen LogP contribution in [0.15, 0.2) is 12.7 Å². The lowest BCUT2D eigenvalue weighted by Crippen LogP contribution is -1.99. The van der Waals surface area contributed by atoms with Crippen molar-refractivity contribution in [3.63, 3.8) is 0 Å². The molecular weight excluding hydrogens is 208 g/mol. The molecule has 0 aromatic carbocycles. The molecule has 1 unspecified atom stereocenters. The van der Waals surface area contributed by atoms with E-state index in [4.69, 9.17) is 11.1 Å². The molecule has 1 atom stereocenters. The Kier molecular flexibility index (Phi) is 11.5. The van der Waals surface area contributed by atoms with Crippen LogP contribution in [0.5, 0.6) is 0 Å². The molecule has 0 saturated heterocycles. The normalized spacial score (nSPS) is 12.7. The highest BCUT2D eigenvalue weighted by atomic mass is 35.6. The van der Waals surface area contributed by atoms with Gasteiger partial charge in [-0.2, -0.15) is 11.1 Å². The monoisotopic (exact) mass is 232 g/mol. The first-order valence-electron chi connectivity index (χ1n) is 6.06. The molecule has 2 heteroatoms. The Hall–Kier alpha value is 0.247. The number of allylic oxidation sites excluding steroid dienone is 1. The molecule has 0 bridgehead atoms. The predicted molar refractivity (Wildman–Crippen MR) is 70.8 cm³/mol. The minimum atomic E-state index is -0.792. The molecule has 0 saturated carbocycles. The number of hydrogen-bond acceptors (Lipinski definition) is 0. The van der Waals surface area contributed by atoms with Crippen LogP contribution >= 0.6 is 11.1 Å². The van der Waals surface area contributed by atoms with Gasteiger partial charge in [0.1, 0.15) is 8.11 Å². The van der Waals surface area contributed by atoms with E-state index in [1.54, 1.807) is 0 Å². The number of rotatable bonds is 10. The molecule has 0 heterocycles. The van der Waals surface area contributed by atoms with Crippen LogP contribution in [0.3, 0.4) is 0 Å². The van der Waals surface area contributed by atoms with E-state index in [1.165, 1.54) is 57.0 Å². The van der Waals surface area contributed by atoms with Crippen LogP contribution in [-0.4, -0.2) is 8.11 Å². The van der Waals surface area contributed by atoms with Crippen molar-refractivity contribution < 1.29 is 0 Å². The van der Waals surface area contributed by atoms with Crippen molar-refractivity contribution in [3.05, 3.63) is 12.7 Å². The van der Waals surface area contributed by atoms with Gasteiger partial charge in [-0.3, -0.25) is 0 Å². The summed E-state index contributed by atoms with van der Waals surface area (Å²) in [5, 5.41) is 0. The molecule has 0 spiro atoms. The second-order valence-electron chi connectivity index (χ2n) is 3.99. The first kappa shape index (κ1) is 14.2. The number of unbranched alkanes of at least 4 members (excludes halogenated alkanes) is 6. The lowest BCUT2D eigenvalue weighted by atomic mass is 10.1. The van der Waals surface area contributed by atoms with Crippen LogP contribution in [0.2, 0.25) is 12.1 Å². The van der Waals surface area contributed by atoms with E-state index in [1.807, 2.05) is 6.08 Å². The highest BCUT2D eigenvalue weighted by Crippen LogP contribution is 2.13. The second-order valence-corrected chi connectivity index (χ2v) is 8.43. The molecule has 0 rings (SSSR count). The van der Waals surface area contributed by atoms with E-state index in [0.29, 0.717) is 0 Å². The smallest absolute Gasteiger partial charge is 0.140 e. The third-order valence-corrected chi connectivity index (χ3v) is 6.12. The summed E-state index contributed by atoms with van der Waals surface area (Å²) in [4.78, 5) is 0. The summed E-state index contributed by atoms with van der Waals surface area (Å²) in [6.45, 7) is 5.95. The van der Waals surface area contributed by atoms with Crippen LogP contribution < -0.4 is 0 Å². The Bertz CT molecular complexity index is 125. The molecule has 0 N–H and O–H groups in total. The standard InChI is InChI=1S/C12H25ClSi/c1-3-5-6-7-8-9-10-11-12-14(13)4-2/h3,14H,1,4-12H2,2H3. The largest absolute Gasteiger partial charge is 0.172 e. The zero-order valence-corrected chi connectivity index (χ0v) is 11.5. The van der Waals surface area contributed by atoms with E-state index in [2.05, 4.69) is 13.5 Å². The summed E-state index contributed by atoms with van der Waals surface area (Å²) in [7, 11) is -0.792. The maximum absolute atomic E-state index is 6.17. The fourth-order valence-corrected chi connectivity index (χ4v) is 3.17. The molecule has 0 fully saturated rings. The highest BCUT2D eigenvalue weighted by molar-refractivity contribution is 7.06. The molecule has 0 aliphatic heterocycles. The lowest BCUT2D eigenvalue weighted by Gasteiger charge is -2.03. The fourth-order valence-electron chi connectivity index (χ4n) is 1.57. The van der Waals surface area contributed by atoms with Crippen molar-refractivity contribution in [2.75, 3.05) is 0 Å². The number of halogens is 1. The molecule has 0 amide bonds. The Morgan fingerprint density at radius 1 is 1.07 bits per heavy atom. The third kappa shape index (κ3) is 10.3. The summed E-state index contributed by atoms with van der Waals surface area (Å²) >= 11 is 6.17. The Morgan fingerprint density at radius 3 is 2.21 bits per heavy atom. The van der Waals surface area contributed by atoms with Gasteiger partial charge < -0.3 is 0 Å². The van der Waals surface area contributed by atoms with Gasteiger partial charge in [0, 0.05) is 0 Å². The molecule has 0 aromatic heterocycles. The van der Waals surface area contributed by atoms with Crippen molar-refractivity contribution in [2.24, 2.45) is 0 Å². The molecule has 0 aliphatic rings. The van der Waals surface area contributed by atoms with Gasteiger partial charge in [0.2, 0.25) is 0 Å². The second kappa shape index (κ2) is 11.3. The van der Waals surface area contributed by atoms with Gasteiger partial charge >= 0.3 is 0 Å². The van der Waals surface area contributed by atoms with Gasteiger partial charge in [-0.15, -0.1) is 6.58 Å². The topological polar surface area (TPSA) is 0 Å². The predicted octanol–water partition coefficient (Wildman–Crippen LogP) is 4.89. The van der Waals surface area contributed by atoms with Crippen LogP contribution in [0.4, 0.5) is 0 Å².